The van der Waals surface area contributed by atoms with E-state index in [2.05, 4.69) is 0 Å². The molecule has 0 fully saturated rings. The lowest BCUT2D eigenvalue weighted by molar-refractivity contribution is -0.157. The minimum atomic E-state index is -1.20. The Morgan fingerprint density at radius 3 is 2.14 bits per heavy atom. The number of rotatable bonds is 3. The second-order valence-electron chi connectivity index (χ2n) is 3.74. The number of hydrogen-bond donors (Lipinski definition) is 2. The number of aliphatic carboxylic acids is 1. The fraction of sp³-hybridized carbons (Fsp3) is 0.750. The van der Waals surface area contributed by atoms with Crippen molar-refractivity contribution in [1.82, 2.24) is 0 Å². The van der Waals surface area contributed by atoms with E-state index in [1.165, 1.54) is 0 Å². The molecule has 5 N–H and O–H groups in total. The van der Waals surface area contributed by atoms with Crippen molar-refractivity contribution in [2.75, 3.05) is 0 Å². The van der Waals surface area contributed by atoms with Crippen molar-refractivity contribution < 1.29 is 24.9 Å². The highest BCUT2D eigenvalue weighted by Crippen LogP contribution is 2.08. The van der Waals surface area contributed by atoms with Crippen LogP contribution in [-0.4, -0.2) is 34.2 Å². The number of nitrogens with two attached hydrogens (primary N) is 1. The van der Waals surface area contributed by atoms with Gasteiger partial charge in [-0.15, -0.1) is 0 Å². The zero-order chi connectivity index (χ0) is 10.6. The van der Waals surface area contributed by atoms with E-state index in [1.807, 2.05) is 0 Å². The van der Waals surface area contributed by atoms with Crippen LogP contribution in [0.25, 0.3) is 0 Å². The van der Waals surface area contributed by atoms with Crippen LogP contribution in [-0.2, 0) is 14.3 Å². The van der Waals surface area contributed by atoms with Crippen LogP contribution in [0.5, 0.6) is 0 Å². The van der Waals surface area contributed by atoms with E-state index < -0.39 is 23.6 Å². The van der Waals surface area contributed by atoms with Crippen molar-refractivity contribution in [3.8, 4) is 0 Å². The third-order valence-electron chi connectivity index (χ3n) is 1.12. The Morgan fingerprint density at radius 1 is 1.43 bits per heavy atom. The van der Waals surface area contributed by atoms with Crippen LogP contribution in [0.15, 0.2) is 0 Å². The van der Waals surface area contributed by atoms with Crippen LogP contribution in [0.3, 0.4) is 0 Å². The van der Waals surface area contributed by atoms with Gasteiger partial charge in [0.1, 0.15) is 11.6 Å². The van der Waals surface area contributed by atoms with Crippen molar-refractivity contribution in [3.63, 3.8) is 0 Å². The first-order valence-electron chi connectivity index (χ1n) is 3.92. The summed E-state index contributed by atoms with van der Waals surface area (Å²) in [5.41, 5.74) is 4.53. The van der Waals surface area contributed by atoms with Gasteiger partial charge in [0.05, 0.1) is 6.42 Å². The van der Waals surface area contributed by atoms with Crippen LogP contribution in [0.2, 0.25) is 0 Å². The van der Waals surface area contributed by atoms with Gasteiger partial charge in [0.15, 0.2) is 0 Å². The van der Waals surface area contributed by atoms with Crippen molar-refractivity contribution in [2.45, 2.75) is 38.8 Å². The zero-order valence-corrected chi connectivity index (χ0v) is 8.53. The van der Waals surface area contributed by atoms with Gasteiger partial charge in [-0.2, -0.15) is 0 Å². The summed E-state index contributed by atoms with van der Waals surface area (Å²) in [5.74, 6) is -1.80. The fourth-order valence-electron chi connectivity index (χ4n) is 0.650. The number of carbonyl (C=O) groups is 2. The minimum absolute atomic E-state index is 0. The molecule has 0 aliphatic heterocycles. The maximum Gasteiger partial charge on any atom is 0.321 e. The van der Waals surface area contributed by atoms with Gasteiger partial charge < -0.3 is 21.1 Å². The predicted octanol–water partition coefficient (Wildman–Crippen LogP) is -0.695. The van der Waals surface area contributed by atoms with Gasteiger partial charge >= 0.3 is 11.9 Å². The summed E-state index contributed by atoms with van der Waals surface area (Å²) in [5, 5.41) is 8.40. The largest absolute Gasteiger partial charge is 0.480 e. The maximum absolute atomic E-state index is 11.0. The molecule has 0 aliphatic carbocycles. The molecule has 14 heavy (non-hydrogen) atoms. The summed E-state index contributed by atoms with van der Waals surface area (Å²) in [6.45, 7) is 5.12. The van der Waals surface area contributed by atoms with Gasteiger partial charge in [0, 0.05) is 0 Å². The van der Waals surface area contributed by atoms with E-state index in [1.54, 1.807) is 20.8 Å². The SMILES string of the molecule is CC(C)(C)OC(=O)C[C@H](N)C(=O)O.O. The van der Waals surface area contributed by atoms with Gasteiger partial charge in [-0.25, -0.2) is 0 Å². The normalized spacial score (nSPS) is 12.6. The number of carboxylic acid groups (broad SMARTS) is 1. The van der Waals surface area contributed by atoms with E-state index in [4.69, 9.17) is 15.6 Å². The third kappa shape index (κ3) is 7.51. The molecule has 0 radical (unpaired) electrons. The average Bonchev–Trinajstić information content (AvgIpc) is 1.81. The van der Waals surface area contributed by atoms with E-state index in [0.717, 1.165) is 0 Å². The molecule has 0 saturated heterocycles. The minimum Gasteiger partial charge on any atom is -0.480 e. The van der Waals surface area contributed by atoms with Crippen LogP contribution in [0.1, 0.15) is 27.2 Å². The Hall–Kier alpha value is -1.14. The summed E-state index contributed by atoms with van der Waals surface area (Å²) in [6, 6.07) is -1.19. The topological polar surface area (TPSA) is 121 Å². The van der Waals surface area contributed by atoms with E-state index in [-0.39, 0.29) is 11.9 Å². The first-order chi connectivity index (χ1) is 5.72. The van der Waals surface area contributed by atoms with Crippen molar-refractivity contribution in [3.05, 3.63) is 0 Å². The Kier molecular flexibility index (Phi) is 6.09. The molecule has 0 saturated carbocycles. The summed E-state index contributed by atoms with van der Waals surface area (Å²) < 4.78 is 4.88. The van der Waals surface area contributed by atoms with E-state index >= 15 is 0 Å². The Balaban J connectivity index is 0. The van der Waals surface area contributed by atoms with Crippen molar-refractivity contribution in [2.24, 2.45) is 5.73 Å². The molecule has 0 spiro atoms. The highest BCUT2D eigenvalue weighted by atomic mass is 16.6. The summed E-state index contributed by atoms with van der Waals surface area (Å²) in [6.07, 6.45) is -0.299. The molecule has 0 heterocycles. The van der Waals surface area contributed by atoms with E-state index in [9.17, 15) is 9.59 Å². The van der Waals surface area contributed by atoms with Crippen LogP contribution < -0.4 is 5.73 Å². The zero-order valence-electron chi connectivity index (χ0n) is 8.53. The molecule has 0 aromatic rings. The highest BCUT2D eigenvalue weighted by Gasteiger charge is 2.21. The first kappa shape index (κ1) is 15.3. The smallest absolute Gasteiger partial charge is 0.321 e. The second kappa shape index (κ2) is 5.56. The fourth-order valence-corrected chi connectivity index (χ4v) is 0.650. The number of esters is 1. The third-order valence-corrected chi connectivity index (χ3v) is 1.12. The molecule has 0 aromatic carbocycles. The molecule has 0 bridgehead atoms. The molecule has 6 nitrogen and oxygen atoms in total. The van der Waals surface area contributed by atoms with Gasteiger partial charge in [-0.1, -0.05) is 0 Å². The maximum atomic E-state index is 11.0. The lowest BCUT2D eigenvalue weighted by Crippen LogP contribution is -2.35. The second-order valence-corrected chi connectivity index (χ2v) is 3.74. The first-order valence-corrected chi connectivity index (χ1v) is 3.92. The van der Waals surface area contributed by atoms with Crippen molar-refractivity contribution in [1.29, 1.82) is 0 Å². The number of carbonyl (C=O) groups excluding carboxylic acids is 1. The molecule has 0 amide bonds. The van der Waals surface area contributed by atoms with Gasteiger partial charge in [-0.05, 0) is 20.8 Å². The molecule has 6 heteroatoms. The monoisotopic (exact) mass is 207 g/mol. The summed E-state index contributed by atoms with van der Waals surface area (Å²) in [4.78, 5) is 21.3. The Bertz CT molecular complexity index is 208. The van der Waals surface area contributed by atoms with Crippen molar-refractivity contribution >= 4 is 11.9 Å². The lowest BCUT2D eigenvalue weighted by Gasteiger charge is -2.19. The molecule has 84 valence electrons. The van der Waals surface area contributed by atoms with Gasteiger partial charge in [-0.3, -0.25) is 9.59 Å². The Morgan fingerprint density at radius 2 is 1.86 bits per heavy atom. The average molecular weight is 207 g/mol. The van der Waals surface area contributed by atoms with E-state index in [0.29, 0.717) is 0 Å². The quantitative estimate of drug-likeness (QED) is 0.593. The standard InChI is InChI=1S/C8H15NO4.H2O/c1-8(2,3)13-6(10)4-5(9)7(11)12;/h5H,4,9H2,1-3H3,(H,11,12);1H2/t5-;/m0./s1. The summed E-state index contributed by atoms with van der Waals surface area (Å²) in [7, 11) is 0. The highest BCUT2D eigenvalue weighted by molar-refractivity contribution is 5.81. The van der Waals surface area contributed by atoms with Crippen LogP contribution in [0.4, 0.5) is 0 Å². The molecule has 0 unspecified atom stereocenters. The van der Waals surface area contributed by atoms with Crippen LogP contribution >= 0.6 is 0 Å². The molecule has 0 aliphatic rings. The number of hydrogen-bond acceptors (Lipinski definition) is 4. The van der Waals surface area contributed by atoms with Gasteiger partial charge in [0.25, 0.3) is 0 Å². The molecular weight excluding hydrogens is 190 g/mol. The number of ether oxygens (including phenoxy) is 1. The molecule has 1 atom stereocenters. The lowest BCUT2D eigenvalue weighted by atomic mass is 10.2. The molecule has 0 aromatic heterocycles. The molecular formula is C8H17NO5. The predicted molar refractivity (Wildman–Crippen MR) is 49.7 cm³/mol. The Labute approximate surface area is 82.3 Å². The summed E-state index contributed by atoms with van der Waals surface area (Å²) >= 11 is 0. The number of carboxylic acids is 1. The van der Waals surface area contributed by atoms with Gasteiger partial charge in [0.2, 0.25) is 0 Å². The molecule has 0 rings (SSSR count). The van der Waals surface area contributed by atoms with Crippen LogP contribution in [0, 0.1) is 0 Å².